The molecule has 1 aliphatic heterocycles. The van der Waals surface area contributed by atoms with Crippen molar-refractivity contribution in [3.05, 3.63) is 24.3 Å². The molecule has 2 fully saturated rings. The van der Waals surface area contributed by atoms with Gasteiger partial charge in [-0.15, -0.1) is 0 Å². The molecule has 1 N–H and O–H groups in total. The van der Waals surface area contributed by atoms with Gasteiger partial charge in [-0.05, 0) is 55.9 Å². The van der Waals surface area contributed by atoms with E-state index in [4.69, 9.17) is 4.74 Å². The van der Waals surface area contributed by atoms with Crippen LogP contribution in [0, 0.1) is 11.8 Å². The minimum absolute atomic E-state index is 0.0852. The highest BCUT2D eigenvalue weighted by Gasteiger charge is 2.32. The highest BCUT2D eigenvalue weighted by molar-refractivity contribution is 7.89. The van der Waals surface area contributed by atoms with Gasteiger partial charge in [0.2, 0.25) is 15.9 Å². The Morgan fingerprint density at radius 1 is 1.07 bits per heavy atom. The number of hydrogen-bond acceptors (Lipinski definition) is 4. The smallest absolute Gasteiger partial charge is 0.243 e. The molecular formula is C20H30N2O4S. The maximum absolute atomic E-state index is 12.8. The van der Waals surface area contributed by atoms with Crippen molar-refractivity contribution in [1.82, 2.24) is 9.62 Å². The standard InChI is InChI=1S/C20H30N2O4S/c1-26-18-7-9-19(10-8-18)27(24,25)22-13-11-17(12-14-22)20(23)21-15-16-5-3-2-4-6-16/h7-10,16-17H,2-6,11-15H2,1H3,(H,21,23). The average Bonchev–Trinajstić information content (AvgIpc) is 2.73. The van der Waals surface area contributed by atoms with Crippen molar-refractivity contribution >= 4 is 15.9 Å². The topological polar surface area (TPSA) is 75.7 Å². The minimum Gasteiger partial charge on any atom is -0.497 e. The summed E-state index contributed by atoms with van der Waals surface area (Å²) in [5.41, 5.74) is 0. The quantitative estimate of drug-likeness (QED) is 0.805. The van der Waals surface area contributed by atoms with Crippen LogP contribution in [-0.4, -0.2) is 45.4 Å². The predicted molar refractivity (Wildman–Crippen MR) is 104 cm³/mol. The number of nitrogens with one attached hydrogen (secondary N) is 1. The number of hydrogen-bond donors (Lipinski definition) is 1. The van der Waals surface area contributed by atoms with Crippen molar-refractivity contribution in [1.29, 1.82) is 0 Å². The first-order valence-corrected chi connectivity index (χ1v) is 11.4. The number of benzene rings is 1. The van der Waals surface area contributed by atoms with Gasteiger partial charge in [-0.3, -0.25) is 4.79 Å². The molecule has 1 aromatic rings. The van der Waals surface area contributed by atoms with Crippen LogP contribution in [0.25, 0.3) is 0 Å². The number of methoxy groups -OCH3 is 1. The van der Waals surface area contributed by atoms with Crippen LogP contribution in [0.4, 0.5) is 0 Å². The Morgan fingerprint density at radius 3 is 2.30 bits per heavy atom. The van der Waals surface area contributed by atoms with Crippen molar-refractivity contribution in [2.24, 2.45) is 11.8 Å². The Balaban J connectivity index is 1.50. The molecule has 1 saturated carbocycles. The lowest BCUT2D eigenvalue weighted by molar-refractivity contribution is -0.126. The van der Waals surface area contributed by atoms with Gasteiger partial charge in [-0.2, -0.15) is 4.31 Å². The van der Waals surface area contributed by atoms with Crippen LogP contribution in [0.3, 0.4) is 0 Å². The second-order valence-corrected chi connectivity index (χ2v) is 9.54. The molecule has 27 heavy (non-hydrogen) atoms. The van der Waals surface area contributed by atoms with Crippen molar-refractivity contribution in [2.75, 3.05) is 26.7 Å². The summed E-state index contributed by atoms with van der Waals surface area (Å²) < 4.78 is 32.1. The normalized spacial score (nSPS) is 20.3. The first kappa shape index (κ1) is 20.1. The molecule has 1 aliphatic carbocycles. The minimum atomic E-state index is -3.52. The van der Waals surface area contributed by atoms with Crippen molar-refractivity contribution in [3.63, 3.8) is 0 Å². The van der Waals surface area contributed by atoms with Gasteiger partial charge in [0.05, 0.1) is 12.0 Å². The van der Waals surface area contributed by atoms with Crippen LogP contribution < -0.4 is 10.1 Å². The zero-order valence-corrected chi connectivity index (χ0v) is 16.8. The predicted octanol–water partition coefficient (Wildman–Crippen LogP) is 2.79. The van der Waals surface area contributed by atoms with Gasteiger partial charge in [0.15, 0.2) is 0 Å². The lowest BCUT2D eigenvalue weighted by atomic mass is 9.89. The van der Waals surface area contributed by atoms with E-state index in [0.717, 1.165) is 6.54 Å². The summed E-state index contributed by atoms with van der Waals surface area (Å²) in [6.07, 6.45) is 7.41. The van der Waals surface area contributed by atoms with E-state index in [9.17, 15) is 13.2 Å². The molecule has 3 rings (SSSR count). The van der Waals surface area contributed by atoms with Crippen LogP contribution in [0.5, 0.6) is 5.75 Å². The molecule has 0 aromatic heterocycles. The van der Waals surface area contributed by atoms with Crippen molar-refractivity contribution in [2.45, 2.75) is 49.8 Å². The van der Waals surface area contributed by atoms with E-state index in [-0.39, 0.29) is 16.7 Å². The molecular weight excluding hydrogens is 364 g/mol. The summed E-state index contributed by atoms with van der Waals surface area (Å²) >= 11 is 0. The summed E-state index contributed by atoms with van der Waals surface area (Å²) in [7, 11) is -1.97. The van der Waals surface area contributed by atoms with Gasteiger partial charge in [-0.1, -0.05) is 19.3 Å². The monoisotopic (exact) mass is 394 g/mol. The number of rotatable bonds is 6. The molecule has 1 heterocycles. The molecule has 2 aliphatic rings. The molecule has 6 nitrogen and oxygen atoms in total. The Hall–Kier alpha value is -1.60. The second-order valence-electron chi connectivity index (χ2n) is 7.60. The zero-order valence-electron chi connectivity index (χ0n) is 16.0. The SMILES string of the molecule is COc1ccc(S(=O)(=O)N2CCC(C(=O)NCC3CCCCC3)CC2)cc1. The van der Waals surface area contributed by atoms with Crippen LogP contribution in [0.15, 0.2) is 29.2 Å². The molecule has 7 heteroatoms. The van der Waals surface area contributed by atoms with Gasteiger partial charge in [0.1, 0.15) is 5.75 Å². The lowest BCUT2D eigenvalue weighted by Crippen LogP contribution is -2.43. The van der Waals surface area contributed by atoms with Crippen molar-refractivity contribution < 1.29 is 17.9 Å². The molecule has 1 aromatic carbocycles. The van der Waals surface area contributed by atoms with E-state index in [1.54, 1.807) is 31.4 Å². The van der Waals surface area contributed by atoms with E-state index >= 15 is 0 Å². The van der Waals surface area contributed by atoms with Gasteiger partial charge in [0, 0.05) is 25.6 Å². The van der Waals surface area contributed by atoms with Crippen LogP contribution in [0.1, 0.15) is 44.9 Å². The third-order valence-electron chi connectivity index (χ3n) is 5.81. The summed E-state index contributed by atoms with van der Waals surface area (Å²) in [4.78, 5) is 12.7. The summed E-state index contributed by atoms with van der Waals surface area (Å²) in [5, 5.41) is 3.10. The van der Waals surface area contributed by atoms with Gasteiger partial charge in [-0.25, -0.2) is 8.42 Å². The average molecular weight is 395 g/mol. The molecule has 0 spiro atoms. The van der Waals surface area contributed by atoms with Gasteiger partial charge >= 0.3 is 0 Å². The molecule has 1 amide bonds. The fourth-order valence-corrected chi connectivity index (χ4v) is 5.51. The number of ether oxygens (including phenoxy) is 1. The highest BCUT2D eigenvalue weighted by atomic mass is 32.2. The number of carbonyl (C=O) groups excluding carboxylic acids is 1. The first-order valence-electron chi connectivity index (χ1n) is 9.92. The van der Waals surface area contributed by atoms with Crippen LogP contribution in [-0.2, 0) is 14.8 Å². The van der Waals surface area contributed by atoms with E-state index in [0.29, 0.717) is 37.6 Å². The number of carbonyl (C=O) groups is 1. The van der Waals surface area contributed by atoms with Gasteiger partial charge in [0.25, 0.3) is 0 Å². The Bertz CT molecular complexity index is 719. The van der Waals surface area contributed by atoms with Crippen LogP contribution in [0.2, 0.25) is 0 Å². The Morgan fingerprint density at radius 2 is 1.70 bits per heavy atom. The fraction of sp³-hybridized carbons (Fsp3) is 0.650. The second kappa shape index (κ2) is 9.06. The Labute approximate surface area is 162 Å². The number of amides is 1. The zero-order chi connectivity index (χ0) is 19.3. The van der Waals surface area contributed by atoms with Crippen LogP contribution >= 0.6 is 0 Å². The first-order chi connectivity index (χ1) is 13.0. The van der Waals surface area contributed by atoms with E-state index in [1.165, 1.54) is 36.4 Å². The van der Waals surface area contributed by atoms with E-state index < -0.39 is 10.0 Å². The maximum atomic E-state index is 12.8. The van der Waals surface area contributed by atoms with Crippen molar-refractivity contribution in [3.8, 4) is 5.75 Å². The number of sulfonamides is 1. The summed E-state index contributed by atoms with van der Waals surface area (Å²) in [6, 6.07) is 6.44. The maximum Gasteiger partial charge on any atom is 0.243 e. The third-order valence-corrected chi connectivity index (χ3v) is 7.72. The lowest BCUT2D eigenvalue weighted by Gasteiger charge is -2.31. The molecule has 0 bridgehead atoms. The number of piperidine rings is 1. The van der Waals surface area contributed by atoms with E-state index in [1.807, 2.05) is 0 Å². The third kappa shape index (κ3) is 5.02. The van der Waals surface area contributed by atoms with E-state index in [2.05, 4.69) is 5.32 Å². The highest BCUT2D eigenvalue weighted by Crippen LogP contribution is 2.26. The largest absolute Gasteiger partial charge is 0.497 e. The fourth-order valence-electron chi connectivity index (χ4n) is 4.04. The Kier molecular flexibility index (Phi) is 6.76. The van der Waals surface area contributed by atoms with Gasteiger partial charge < -0.3 is 10.1 Å². The summed E-state index contributed by atoms with van der Waals surface area (Å²) in [6.45, 7) is 1.54. The molecule has 0 atom stereocenters. The molecule has 150 valence electrons. The number of nitrogens with zero attached hydrogens (tertiary/aromatic N) is 1. The summed E-state index contributed by atoms with van der Waals surface area (Å²) in [5.74, 6) is 1.23. The molecule has 0 unspecified atom stereocenters. The molecule has 0 radical (unpaired) electrons. The molecule has 1 saturated heterocycles.